The number of nitrogens with zero attached hydrogens (tertiary/aromatic N) is 3. The van der Waals surface area contributed by atoms with Gasteiger partial charge in [-0.2, -0.15) is 5.26 Å². The smallest absolute Gasteiger partial charge is 0.335 e. The van der Waals surface area contributed by atoms with E-state index in [1.807, 2.05) is 18.2 Å². The normalized spacial score (nSPS) is 13.8. The van der Waals surface area contributed by atoms with E-state index in [2.05, 4.69) is 4.98 Å². The first-order valence-corrected chi connectivity index (χ1v) is 9.18. The van der Waals surface area contributed by atoms with Gasteiger partial charge in [0.25, 0.3) is 5.56 Å². The first-order valence-electron chi connectivity index (χ1n) is 9.18. The van der Waals surface area contributed by atoms with Crippen molar-refractivity contribution in [1.82, 2.24) is 9.55 Å². The Hall–Kier alpha value is -4.12. The number of benzene rings is 2. The number of carboxylic acids is 1. The first kappa shape index (κ1) is 19.2. The van der Waals surface area contributed by atoms with Crippen LogP contribution in [0.5, 0.6) is 11.5 Å². The average molecular weight is 403 g/mol. The molecule has 1 N–H and O–H groups in total. The number of methoxy groups -OCH3 is 1. The molecule has 0 fully saturated rings. The van der Waals surface area contributed by atoms with E-state index in [0.717, 1.165) is 11.1 Å². The third-order valence-corrected chi connectivity index (χ3v) is 4.92. The Morgan fingerprint density at radius 1 is 1.30 bits per heavy atom. The molecule has 0 saturated heterocycles. The van der Waals surface area contributed by atoms with E-state index >= 15 is 0 Å². The molecule has 3 aromatic rings. The number of rotatable bonds is 5. The molecule has 4 rings (SSSR count). The van der Waals surface area contributed by atoms with E-state index in [-0.39, 0.29) is 17.7 Å². The summed E-state index contributed by atoms with van der Waals surface area (Å²) in [5.74, 6) is 0.418. The maximum atomic E-state index is 12.8. The fraction of sp³-hybridized carbons (Fsp3) is 0.182. The molecule has 0 spiro atoms. The number of fused-ring (bicyclic) bond motifs is 2. The number of nitriles is 1. The molecule has 0 amide bonds. The van der Waals surface area contributed by atoms with Crippen molar-refractivity contribution in [2.24, 2.45) is 0 Å². The Kier molecular flexibility index (Phi) is 4.94. The standard InChI is InChI=1S/C22H17N3O5/c1-29-19-11-13(2-5-18(19)30-9-7-23)10-14-6-8-25-20(14)24-17-12-15(22(27)28)3-4-16(17)21(25)26/h2-5,10-12H,6,8-9H2,1H3,(H,27,28)/b14-10-. The first-order chi connectivity index (χ1) is 14.5. The van der Waals surface area contributed by atoms with Crippen LogP contribution in [-0.4, -0.2) is 34.3 Å². The van der Waals surface area contributed by atoms with Crippen molar-refractivity contribution in [3.63, 3.8) is 0 Å². The highest BCUT2D eigenvalue weighted by atomic mass is 16.5. The summed E-state index contributed by atoms with van der Waals surface area (Å²) < 4.78 is 12.3. The Morgan fingerprint density at radius 3 is 2.87 bits per heavy atom. The molecule has 2 aromatic carbocycles. The second-order valence-electron chi connectivity index (χ2n) is 6.71. The van der Waals surface area contributed by atoms with Gasteiger partial charge < -0.3 is 14.6 Å². The lowest BCUT2D eigenvalue weighted by Gasteiger charge is -2.09. The van der Waals surface area contributed by atoms with Crippen LogP contribution in [0.25, 0.3) is 22.6 Å². The summed E-state index contributed by atoms with van der Waals surface area (Å²) in [6.07, 6.45) is 2.54. The van der Waals surface area contributed by atoms with Gasteiger partial charge in [0.05, 0.1) is 23.6 Å². The second kappa shape index (κ2) is 7.72. The topological polar surface area (TPSA) is 114 Å². The van der Waals surface area contributed by atoms with Crippen molar-refractivity contribution in [1.29, 1.82) is 5.26 Å². The molecule has 0 atom stereocenters. The van der Waals surface area contributed by atoms with Crippen LogP contribution in [0.15, 0.2) is 41.2 Å². The van der Waals surface area contributed by atoms with Crippen LogP contribution in [-0.2, 0) is 6.54 Å². The predicted molar refractivity (Wildman–Crippen MR) is 110 cm³/mol. The Labute approximate surface area is 171 Å². The van der Waals surface area contributed by atoms with Gasteiger partial charge in [0.15, 0.2) is 18.1 Å². The molecule has 1 aromatic heterocycles. The molecule has 8 heteroatoms. The molecule has 8 nitrogen and oxygen atoms in total. The van der Waals surface area contributed by atoms with Gasteiger partial charge in [0.1, 0.15) is 11.9 Å². The van der Waals surface area contributed by atoms with Crippen LogP contribution in [0, 0.1) is 11.3 Å². The van der Waals surface area contributed by atoms with Gasteiger partial charge in [-0.25, -0.2) is 9.78 Å². The third-order valence-electron chi connectivity index (χ3n) is 4.92. The molecule has 0 radical (unpaired) electrons. The summed E-state index contributed by atoms with van der Waals surface area (Å²) in [5.41, 5.74) is 1.95. The van der Waals surface area contributed by atoms with E-state index < -0.39 is 5.97 Å². The molecule has 0 saturated carbocycles. The zero-order valence-electron chi connectivity index (χ0n) is 16.1. The van der Waals surface area contributed by atoms with Crippen LogP contribution in [0.3, 0.4) is 0 Å². The van der Waals surface area contributed by atoms with Gasteiger partial charge in [-0.1, -0.05) is 6.07 Å². The summed E-state index contributed by atoms with van der Waals surface area (Å²) in [6.45, 7) is 0.423. The number of carboxylic acid groups (broad SMARTS) is 1. The summed E-state index contributed by atoms with van der Waals surface area (Å²) in [4.78, 5) is 28.7. The summed E-state index contributed by atoms with van der Waals surface area (Å²) in [7, 11) is 1.52. The average Bonchev–Trinajstić information content (AvgIpc) is 3.15. The van der Waals surface area contributed by atoms with Crippen LogP contribution in [0.1, 0.15) is 28.2 Å². The summed E-state index contributed by atoms with van der Waals surface area (Å²) >= 11 is 0. The molecular weight excluding hydrogens is 386 g/mol. The number of hydrogen-bond acceptors (Lipinski definition) is 6. The Balaban J connectivity index is 1.78. The molecule has 30 heavy (non-hydrogen) atoms. The number of carbonyl (C=O) groups is 1. The Morgan fingerprint density at radius 2 is 2.13 bits per heavy atom. The zero-order chi connectivity index (χ0) is 21.3. The molecule has 1 aliphatic rings. The highest BCUT2D eigenvalue weighted by Gasteiger charge is 2.21. The van der Waals surface area contributed by atoms with Crippen molar-refractivity contribution in [2.75, 3.05) is 13.7 Å². The molecule has 0 aliphatic carbocycles. The molecule has 1 aliphatic heterocycles. The lowest BCUT2D eigenvalue weighted by Crippen LogP contribution is -2.21. The van der Waals surface area contributed by atoms with Crippen molar-refractivity contribution in [3.8, 4) is 17.6 Å². The van der Waals surface area contributed by atoms with Crippen molar-refractivity contribution in [3.05, 3.63) is 63.7 Å². The van der Waals surface area contributed by atoms with Gasteiger partial charge in [-0.15, -0.1) is 0 Å². The van der Waals surface area contributed by atoms with E-state index in [9.17, 15) is 14.7 Å². The van der Waals surface area contributed by atoms with Crippen LogP contribution in [0.4, 0.5) is 0 Å². The van der Waals surface area contributed by atoms with Gasteiger partial charge >= 0.3 is 5.97 Å². The molecule has 0 unspecified atom stereocenters. The zero-order valence-corrected chi connectivity index (χ0v) is 16.1. The van der Waals surface area contributed by atoms with E-state index in [4.69, 9.17) is 14.7 Å². The fourth-order valence-corrected chi connectivity index (χ4v) is 3.49. The third kappa shape index (κ3) is 3.37. The molecule has 2 heterocycles. The van der Waals surface area contributed by atoms with Crippen LogP contribution in [0.2, 0.25) is 0 Å². The highest BCUT2D eigenvalue weighted by molar-refractivity contribution is 5.93. The molecule has 0 bridgehead atoms. The lowest BCUT2D eigenvalue weighted by atomic mass is 10.1. The number of hydrogen-bond donors (Lipinski definition) is 1. The van der Waals surface area contributed by atoms with Crippen molar-refractivity contribution >= 4 is 28.5 Å². The lowest BCUT2D eigenvalue weighted by molar-refractivity contribution is 0.0697. The minimum absolute atomic E-state index is 0.0809. The van der Waals surface area contributed by atoms with E-state index in [1.54, 1.807) is 16.7 Å². The van der Waals surface area contributed by atoms with Gasteiger partial charge in [0, 0.05) is 6.54 Å². The molecular formula is C22H17N3O5. The Bertz CT molecular complexity index is 1300. The van der Waals surface area contributed by atoms with Gasteiger partial charge in [-0.3, -0.25) is 9.36 Å². The minimum Gasteiger partial charge on any atom is -0.493 e. The van der Waals surface area contributed by atoms with Gasteiger partial charge in [0.2, 0.25) is 0 Å². The van der Waals surface area contributed by atoms with Crippen LogP contribution < -0.4 is 15.0 Å². The maximum absolute atomic E-state index is 12.8. The van der Waals surface area contributed by atoms with Crippen molar-refractivity contribution in [2.45, 2.75) is 13.0 Å². The van der Waals surface area contributed by atoms with E-state index in [1.165, 1.54) is 25.3 Å². The number of aromatic carboxylic acids is 1. The van der Waals surface area contributed by atoms with E-state index in [0.29, 0.717) is 41.2 Å². The predicted octanol–water partition coefficient (Wildman–Crippen LogP) is 2.95. The minimum atomic E-state index is -1.07. The highest BCUT2D eigenvalue weighted by Crippen LogP contribution is 2.32. The number of aromatic nitrogens is 2. The summed E-state index contributed by atoms with van der Waals surface area (Å²) in [5, 5.41) is 18.3. The van der Waals surface area contributed by atoms with Crippen LogP contribution >= 0.6 is 0 Å². The monoisotopic (exact) mass is 403 g/mol. The SMILES string of the molecule is COc1cc(/C=C2/CCn3c2nc2cc(C(=O)O)ccc2c3=O)ccc1OCC#N. The number of allylic oxidation sites excluding steroid dienone is 1. The fourth-order valence-electron chi connectivity index (χ4n) is 3.49. The molecule has 150 valence electrons. The largest absolute Gasteiger partial charge is 0.493 e. The quantitative estimate of drug-likeness (QED) is 0.696. The second-order valence-corrected chi connectivity index (χ2v) is 6.71. The number of ether oxygens (including phenoxy) is 2. The summed E-state index contributed by atoms with van der Waals surface area (Å²) in [6, 6.07) is 11.6. The maximum Gasteiger partial charge on any atom is 0.335 e. The van der Waals surface area contributed by atoms with Gasteiger partial charge in [-0.05, 0) is 54.0 Å². The van der Waals surface area contributed by atoms with Crippen molar-refractivity contribution < 1.29 is 19.4 Å².